The number of hydrogen-bond acceptors (Lipinski definition) is 4. The third-order valence-corrected chi connectivity index (χ3v) is 7.50. The number of aryl methyl sites for hydroxylation is 1. The molecule has 154 valence electrons. The van der Waals surface area contributed by atoms with Crippen LogP contribution in [-0.2, 0) is 16.8 Å². The van der Waals surface area contributed by atoms with Crippen LogP contribution in [0.5, 0.6) is 5.75 Å². The molecule has 1 aromatic heterocycles. The molecule has 1 amide bonds. The second-order valence-corrected chi connectivity index (χ2v) is 9.51. The highest BCUT2D eigenvalue weighted by atomic mass is 16.5. The maximum Gasteiger partial charge on any atom is 0.226 e. The van der Waals surface area contributed by atoms with E-state index < -0.39 is 0 Å². The Morgan fingerprint density at radius 1 is 1.21 bits per heavy atom. The summed E-state index contributed by atoms with van der Waals surface area (Å²) in [7, 11) is 1.68. The minimum Gasteiger partial charge on any atom is -0.497 e. The van der Waals surface area contributed by atoms with Gasteiger partial charge >= 0.3 is 0 Å². The number of aromatic nitrogens is 3. The molecule has 0 spiro atoms. The number of nitrogens with one attached hydrogen (secondary N) is 1. The smallest absolute Gasteiger partial charge is 0.226 e. The fourth-order valence-electron chi connectivity index (χ4n) is 6.68. The van der Waals surface area contributed by atoms with E-state index in [1.807, 2.05) is 18.5 Å². The number of carbonyl (C=O) groups excluding carboxylic acids is 1. The van der Waals surface area contributed by atoms with E-state index in [2.05, 4.69) is 32.2 Å². The molecule has 1 N–H and O–H groups in total. The summed E-state index contributed by atoms with van der Waals surface area (Å²) < 4.78 is 7.28. The van der Waals surface area contributed by atoms with Crippen molar-refractivity contribution >= 4 is 5.91 Å². The van der Waals surface area contributed by atoms with Crippen LogP contribution >= 0.6 is 0 Å². The predicted octanol–water partition coefficient (Wildman–Crippen LogP) is 3.33. The monoisotopic (exact) mass is 394 g/mol. The SMILES string of the molecule is COc1ccc(CCCNC(=O)C23C[C@@H]4C[C@@H](C2)CC(n2cncn2)(C4)C3)cc1. The van der Waals surface area contributed by atoms with Gasteiger partial charge in [-0.2, -0.15) is 5.10 Å². The molecule has 4 aliphatic rings. The third-order valence-electron chi connectivity index (χ3n) is 7.50. The summed E-state index contributed by atoms with van der Waals surface area (Å²) in [6.07, 6.45) is 12.0. The summed E-state index contributed by atoms with van der Waals surface area (Å²) in [5.41, 5.74) is 1.07. The Kier molecular flexibility index (Phi) is 4.60. The number of methoxy groups -OCH3 is 1. The molecule has 4 bridgehead atoms. The molecule has 2 atom stereocenters. The van der Waals surface area contributed by atoms with Crippen LogP contribution in [0.4, 0.5) is 0 Å². The Labute approximate surface area is 172 Å². The van der Waals surface area contributed by atoms with Crippen LogP contribution in [0.3, 0.4) is 0 Å². The van der Waals surface area contributed by atoms with Gasteiger partial charge in [-0.3, -0.25) is 4.79 Å². The summed E-state index contributed by atoms with van der Waals surface area (Å²) in [6.45, 7) is 0.734. The van der Waals surface area contributed by atoms with Gasteiger partial charge in [0, 0.05) is 6.54 Å². The summed E-state index contributed by atoms with van der Waals surface area (Å²) in [4.78, 5) is 17.5. The highest BCUT2D eigenvalue weighted by Gasteiger charge is 2.61. The summed E-state index contributed by atoms with van der Waals surface area (Å²) in [5, 5.41) is 7.77. The Bertz CT molecular complexity index is 848. The topological polar surface area (TPSA) is 69.0 Å². The summed E-state index contributed by atoms with van der Waals surface area (Å²) in [5.74, 6) is 2.44. The van der Waals surface area contributed by atoms with Crippen LogP contribution in [0.1, 0.15) is 50.5 Å². The van der Waals surface area contributed by atoms with Crippen molar-refractivity contribution in [3.8, 4) is 5.75 Å². The Hall–Kier alpha value is -2.37. The molecule has 6 nitrogen and oxygen atoms in total. The minimum absolute atomic E-state index is 0.00101. The van der Waals surface area contributed by atoms with Gasteiger partial charge in [0.15, 0.2) is 0 Å². The van der Waals surface area contributed by atoms with Crippen molar-refractivity contribution < 1.29 is 9.53 Å². The number of rotatable bonds is 7. The lowest BCUT2D eigenvalue weighted by molar-refractivity contribution is -0.156. The summed E-state index contributed by atoms with van der Waals surface area (Å²) in [6, 6.07) is 8.18. The van der Waals surface area contributed by atoms with Gasteiger partial charge in [-0.1, -0.05) is 12.1 Å². The van der Waals surface area contributed by atoms with Crippen LogP contribution in [0, 0.1) is 17.3 Å². The molecule has 1 aromatic carbocycles. The molecule has 4 fully saturated rings. The van der Waals surface area contributed by atoms with E-state index in [9.17, 15) is 4.79 Å². The zero-order valence-electron chi connectivity index (χ0n) is 17.1. The number of nitrogens with zero attached hydrogens (tertiary/aromatic N) is 3. The first-order valence-electron chi connectivity index (χ1n) is 10.9. The van der Waals surface area contributed by atoms with E-state index in [1.165, 1.54) is 12.0 Å². The zero-order valence-corrected chi connectivity index (χ0v) is 17.1. The van der Waals surface area contributed by atoms with Gasteiger partial charge in [0.05, 0.1) is 18.1 Å². The summed E-state index contributed by atoms with van der Waals surface area (Å²) >= 11 is 0. The van der Waals surface area contributed by atoms with E-state index in [0.29, 0.717) is 11.8 Å². The lowest BCUT2D eigenvalue weighted by Gasteiger charge is -2.60. The molecular weight excluding hydrogens is 364 g/mol. The normalized spacial score (nSPS) is 32.3. The molecule has 2 aromatic rings. The van der Waals surface area contributed by atoms with Crippen LogP contribution in [-0.4, -0.2) is 34.3 Å². The van der Waals surface area contributed by atoms with Crippen molar-refractivity contribution in [2.24, 2.45) is 17.3 Å². The van der Waals surface area contributed by atoms with Crippen molar-refractivity contribution in [2.45, 2.75) is 56.9 Å². The molecule has 0 saturated heterocycles. The molecule has 29 heavy (non-hydrogen) atoms. The van der Waals surface area contributed by atoms with Gasteiger partial charge in [0.2, 0.25) is 5.91 Å². The van der Waals surface area contributed by atoms with Crippen LogP contribution < -0.4 is 10.1 Å². The molecule has 6 heteroatoms. The van der Waals surface area contributed by atoms with Gasteiger partial charge in [-0.05, 0) is 80.9 Å². The van der Waals surface area contributed by atoms with Gasteiger partial charge in [0.25, 0.3) is 0 Å². The second-order valence-electron chi connectivity index (χ2n) is 9.51. The molecule has 4 aliphatic carbocycles. The van der Waals surface area contributed by atoms with Crippen molar-refractivity contribution in [1.82, 2.24) is 20.1 Å². The van der Waals surface area contributed by atoms with Crippen molar-refractivity contribution in [3.05, 3.63) is 42.5 Å². The van der Waals surface area contributed by atoms with Crippen LogP contribution in [0.15, 0.2) is 36.9 Å². The van der Waals surface area contributed by atoms with Crippen molar-refractivity contribution in [3.63, 3.8) is 0 Å². The fraction of sp³-hybridized carbons (Fsp3) is 0.609. The fourth-order valence-corrected chi connectivity index (χ4v) is 6.68. The van der Waals surface area contributed by atoms with E-state index in [0.717, 1.165) is 57.2 Å². The van der Waals surface area contributed by atoms with Crippen LogP contribution in [0.2, 0.25) is 0 Å². The number of amides is 1. The molecule has 4 saturated carbocycles. The highest BCUT2D eigenvalue weighted by Crippen LogP contribution is 2.64. The van der Waals surface area contributed by atoms with Gasteiger partial charge in [0.1, 0.15) is 18.4 Å². The Morgan fingerprint density at radius 3 is 2.62 bits per heavy atom. The number of ether oxygens (including phenoxy) is 1. The first-order valence-corrected chi connectivity index (χ1v) is 10.9. The molecule has 6 rings (SSSR count). The average molecular weight is 395 g/mol. The maximum absolute atomic E-state index is 13.3. The van der Waals surface area contributed by atoms with E-state index in [-0.39, 0.29) is 16.9 Å². The first kappa shape index (κ1) is 18.6. The average Bonchev–Trinajstić information content (AvgIpc) is 3.26. The first-order chi connectivity index (χ1) is 14.1. The van der Waals surface area contributed by atoms with Crippen molar-refractivity contribution in [1.29, 1.82) is 0 Å². The Morgan fingerprint density at radius 2 is 1.97 bits per heavy atom. The standard InChI is InChI=1S/C23H30N4O2/c1-29-20-6-4-17(5-7-20)3-2-8-25-21(28)22-10-18-9-19(11-22)13-23(12-18,14-22)27-16-24-15-26-27/h4-7,15-16,18-19H,2-3,8-14H2,1H3,(H,25,28)/t18-,19-,22?,23?/m0/s1. The molecule has 0 aliphatic heterocycles. The highest BCUT2D eigenvalue weighted by molar-refractivity contribution is 5.83. The van der Waals surface area contributed by atoms with Gasteiger partial charge in [-0.15, -0.1) is 0 Å². The zero-order chi connectivity index (χ0) is 19.9. The predicted molar refractivity (Wildman–Crippen MR) is 109 cm³/mol. The van der Waals surface area contributed by atoms with E-state index in [1.54, 1.807) is 13.4 Å². The van der Waals surface area contributed by atoms with Crippen LogP contribution in [0.25, 0.3) is 0 Å². The Balaban J connectivity index is 1.21. The number of carbonyl (C=O) groups is 1. The molecule has 0 unspecified atom stereocenters. The minimum atomic E-state index is -0.212. The third kappa shape index (κ3) is 3.32. The molecule has 0 radical (unpaired) electrons. The lowest BCUT2D eigenvalue weighted by Crippen LogP contribution is -2.61. The quantitative estimate of drug-likeness (QED) is 0.732. The van der Waals surface area contributed by atoms with E-state index in [4.69, 9.17) is 4.74 Å². The molecular formula is C23H30N4O2. The van der Waals surface area contributed by atoms with Gasteiger partial charge in [-0.25, -0.2) is 9.67 Å². The lowest BCUT2D eigenvalue weighted by atomic mass is 9.46. The van der Waals surface area contributed by atoms with Crippen molar-refractivity contribution in [2.75, 3.05) is 13.7 Å². The molecule has 1 heterocycles. The van der Waals surface area contributed by atoms with Gasteiger partial charge < -0.3 is 10.1 Å². The number of hydrogen-bond donors (Lipinski definition) is 1. The number of benzene rings is 1. The second kappa shape index (κ2) is 7.15. The maximum atomic E-state index is 13.3. The van der Waals surface area contributed by atoms with E-state index >= 15 is 0 Å². The largest absolute Gasteiger partial charge is 0.497 e.